The van der Waals surface area contributed by atoms with Crippen LogP contribution in [0.3, 0.4) is 0 Å². The number of amides is 3. The number of esters is 1. The molecule has 0 heterocycles. The molecule has 7 nitrogen and oxygen atoms in total. The summed E-state index contributed by atoms with van der Waals surface area (Å²) in [6.45, 7) is 0. The molecule has 0 bridgehead atoms. The van der Waals surface area contributed by atoms with E-state index in [-0.39, 0.29) is 0 Å². The van der Waals surface area contributed by atoms with Gasteiger partial charge in [0.2, 0.25) is 5.91 Å². The highest BCUT2D eigenvalue weighted by atomic mass is 16.5. The predicted molar refractivity (Wildman–Crippen MR) is 97.1 cm³/mol. The highest BCUT2D eigenvalue weighted by molar-refractivity contribution is 5.98. The van der Waals surface area contributed by atoms with Crippen molar-refractivity contribution in [2.24, 2.45) is 11.5 Å². The van der Waals surface area contributed by atoms with E-state index in [1.165, 1.54) is 12.1 Å². The van der Waals surface area contributed by atoms with Crippen LogP contribution in [0.1, 0.15) is 20.7 Å². The van der Waals surface area contributed by atoms with Crippen LogP contribution < -0.4 is 21.5 Å². The number of primary amides is 2. The first-order valence-electron chi connectivity index (χ1n) is 7.65. The lowest BCUT2D eigenvalue weighted by atomic mass is 10.1. The molecule has 3 rings (SSSR count). The summed E-state index contributed by atoms with van der Waals surface area (Å²) in [5, 5.41) is 4.02. The third kappa shape index (κ3) is 3.78. The third-order valence-electron chi connectivity index (χ3n) is 3.69. The van der Waals surface area contributed by atoms with E-state index in [0.717, 1.165) is 10.8 Å². The molecule has 26 heavy (non-hydrogen) atoms. The fraction of sp³-hybridized carbons (Fsp3) is 0. The summed E-state index contributed by atoms with van der Waals surface area (Å²) in [6.07, 6.45) is 0. The molecule has 0 aliphatic heterocycles. The normalized spacial score (nSPS) is 10.3. The topological polar surface area (TPSA) is 125 Å². The fourth-order valence-electron chi connectivity index (χ4n) is 2.44. The maximum Gasteiger partial charge on any atom is 0.343 e. The molecule has 0 spiro atoms. The second kappa shape index (κ2) is 6.94. The van der Waals surface area contributed by atoms with Gasteiger partial charge in [0, 0.05) is 11.3 Å². The maximum absolute atomic E-state index is 12.2. The zero-order valence-electron chi connectivity index (χ0n) is 13.6. The van der Waals surface area contributed by atoms with Crippen molar-refractivity contribution in [1.82, 2.24) is 0 Å². The zero-order chi connectivity index (χ0) is 18.7. The smallest absolute Gasteiger partial charge is 0.343 e. The van der Waals surface area contributed by atoms with Gasteiger partial charge in [-0.05, 0) is 59.3 Å². The maximum atomic E-state index is 12.2. The largest absolute Gasteiger partial charge is 0.423 e. The Morgan fingerprint density at radius 2 is 1.38 bits per heavy atom. The van der Waals surface area contributed by atoms with Crippen LogP contribution in [-0.2, 0) is 0 Å². The summed E-state index contributed by atoms with van der Waals surface area (Å²) in [6, 6.07) is 15.5. The number of benzene rings is 3. The van der Waals surface area contributed by atoms with Crippen LogP contribution in [0.15, 0.2) is 60.7 Å². The summed E-state index contributed by atoms with van der Waals surface area (Å²) >= 11 is 0. The molecule has 0 aromatic heterocycles. The summed E-state index contributed by atoms with van der Waals surface area (Å²) in [5.41, 5.74) is 11.5. The lowest BCUT2D eigenvalue weighted by molar-refractivity contribution is 0.0734. The first kappa shape index (κ1) is 17.0. The van der Waals surface area contributed by atoms with Gasteiger partial charge in [-0.25, -0.2) is 9.59 Å². The molecule has 0 unspecified atom stereocenters. The van der Waals surface area contributed by atoms with Crippen LogP contribution in [0.25, 0.3) is 10.8 Å². The van der Waals surface area contributed by atoms with Gasteiger partial charge in [0.1, 0.15) is 5.75 Å². The van der Waals surface area contributed by atoms with Crippen molar-refractivity contribution in [2.45, 2.75) is 0 Å². The molecule has 5 N–H and O–H groups in total. The average molecular weight is 349 g/mol. The van der Waals surface area contributed by atoms with Crippen molar-refractivity contribution >= 4 is 34.4 Å². The highest BCUT2D eigenvalue weighted by Crippen LogP contribution is 2.23. The molecule has 130 valence electrons. The molecule has 0 saturated heterocycles. The van der Waals surface area contributed by atoms with Crippen LogP contribution >= 0.6 is 0 Å². The number of anilines is 1. The van der Waals surface area contributed by atoms with E-state index in [1.807, 2.05) is 0 Å². The number of nitrogens with one attached hydrogen (secondary N) is 1. The number of carbonyl (C=O) groups excluding carboxylic acids is 3. The second-order valence-electron chi connectivity index (χ2n) is 5.54. The number of hydrogen-bond acceptors (Lipinski definition) is 4. The Balaban J connectivity index is 1.77. The molecule has 0 atom stereocenters. The van der Waals surface area contributed by atoms with Gasteiger partial charge in [0.05, 0.1) is 5.56 Å². The van der Waals surface area contributed by atoms with Crippen LogP contribution in [-0.4, -0.2) is 17.9 Å². The fourth-order valence-corrected chi connectivity index (χ4v) is 2.44. The van der Waals surface area contributed by atoms with Gasteiger partial charge in [-0.15, -0.1) is 0 Å². The monoisotopic (exact) mass is 349 g/mol. The standard InChI is InChI=1S/C19H15N3O4/c20-17(23)14-2-1-13-10-16(8-5-12(13)9-14)26-18(24)11-3-6-15(7-4-11)22-19(21)25/h1-10H,(H2,20,23)(H3,21,22,25). The Morgan fingerprint density at radius 1 is 0.769 bits per heavy atom. The molecule has 0 aliphatic rings. The van der Waals surface area contributed by atoms with Crippen LogP contribution in [0.2, 0.25) is 0 Å². The van der Waals surface area contributed by atoms with Gasteiger partial charge in [0.15, 0.2) is 0 Å². The second-order valence-corrected chi connectivity index (χ2v) is 5.54. The average Bonchev–Trinajstić information content (AvgIpc) is 2.61. The number of fused-ring (bicyclic) bond motifs is 1. The highest BCUT2D eigenvalue weighted by Gasteiger charge is 2.10. The molecule has 0 fully saturated rings. The van der Waals surface area contributed by atoms with E-state index in [2.05, 4.69) is 5.32 Å². The lowest BCUT2D eigenvalue weighted by Gasteiger charge is -2.07. The first-order chi connectivity index (χ1) is 12.4. The lowest BCUT2D eigenvalue weighted by Crippen LogP contribution is -2.19. The van der Waals surface area contributed by atoms with Gasteiger partial charge < -0.3 is 21.5 Å². The van der Waals surface area contributed by atoms with Crippen LogP contribution in [0, 0.1) is 0 Å². The molecule has 3 aromatic rings. The van der Waals surface area contributed by atoms with Crippen molar-refractivity contribution < 1.29 is 19.1 Å². The van der Waals surface area contributed by atoms with Crippen molar-refractivity contribution in [2.75, 3.05) is 5.32 Å². The molecule has 0 aliphatic carbocycles. The number of urea groups is 1. The van der Waals surface area contributed by atoms with E-state index >= 15 is 0 Å². The predicted octanol–water partition coefficient (Wildman–Crippen LogP) is 2.65. The molecule has 7 heteroatoms. The van der Waals surface area contributed by atoms with Crippen molar-refractivity contribution in [3.8, 4) is 5.75 Å². The minimum absolute atomic E-state index is 0.323. The molecular formula is C19H15N3O4. The van der Waals surface area contributed by atoms with Crippen molar-refractivity contribution in [1.29, 1.82) is 0 Å². The number of carbonyl (C=O) groups is 3. The molecule has 0 saturated carbocycles. The SMILES string of the molecule is NC(=O)Nc1ccc(C(=O)Oc2ccc3cc(C(N)=O)ccc3c2)cc1. The van der Waals surface area contributed by atoms with Gasteiger partial charge in [-0.3, -0.25) is 4.79 Å². The summed E-state index contributed by atoms with van der Waals surface area (Å²) in [5.74, 6) is -0.672. The van der Waals surface area contributed by atoms with E-state index < -0.39 is 17.9 Å². The summed E-state index contributed by atoms with van der Waals surface area (Å²) in [7, 11) is 0. The number of hydrogen-bond donors (Lipinski definition) is 3. The minimum atomic E-state index is -0.684. The van der Waals surface area contributed by atoms with Gasteiger partial charge >= 0.3 is 12.0 Å². The van der Waals surface area contributed by atoms with Crippen LogP contribution in [0.4, 0.5) is 10.5 Å². The Kier molecular flexibility index (Phi) is 4.53. The Labute approximate surface area is 148 Å². The quantitative estimate of drug-likeness (QED) is 0.494. The summed E-state index contributed by atoms with van der Waals surface area (Å²) in [4.78, 5) is 34.2. The number of rotatable bonds is 4. The zero-order valence-corrected chi connectivity index (χ0v) is 13.6. The van der Waals surface area contributed by atoms with Crippen LogP contribution in [0.5, 0.6) is 5.75 Å². The Morgan fingerprint density at radius 3 is 2.04 bits per heavy atom. The number of ether oxygens (including phenoxy) is 1. The Hall–Kier alpha value is -3.87. The van der Waals surface area contributed by atoms with E-state index in [9.17, 15) is 14.4 Å². The van der Waals surface area contributed by atoms with E-state index in [0.29, 0.717) is 22.6 Å². The summed E-state index contributed by atoms with van der Waals surface area (Å²) < 4.78 is 5.36. The third-order valence-corrected chi connectivity index (χ3v) is 3.69. The van der Waals surface area contributed by atoms with E-state index in [1.54, 1.807) is 48.5 Å². The molecule has 0 radical (unpaired) electrons. The molecule has 3 aromatic carbocycles. The van der Waals surface area contributed by atoms with Gasteiger partial charge in [-0.2, -0.15) is 0 Å². The van der Waals surface area contributed by atoms with Gasteiger partial charge in [-0.1, -0.05) is 12.1 Å². The molecule has 3 amide bonds. The first-order valence-corrected chi connectivity index (χ1v) is 7.65. The van der Waals surface area contributed by atoms with E-state index in [4.69, 9.17) is 16.2 Å². The van der Waals surface area contributed by atoms with Crippen molar-refractivity contribution in [3.05, 3.63) is 71.8 Å². The Bertz CT molecular complexity index is 1010. The minimum Gasteiger partial charge on any atom is -0.423 e. The van der Waals surface area contributed by atoms with Gasteiger partial charge in [0.25, 0.3) is 0 Å². The molecular weight excluding hydrogens is 334 g/mol. The number of nitrogens with two attached hydrogens (primary N) is 2. The van der Waals surface area contributed by atoms with Crippen molar-refractivity contribution in [3.63, 3.8) is 0 Å².